The molecule has 0 radical (unpaired) electrons. The van der Waals surface area contributed by atoms with Gasteiger partial charge in [0, 0.05) is 36.0 Å². The van der Waals surface area contributed by atoms with E-state index < -0.39 is 21.9 Å². The number of nitrogens with one attached hydrogen (secondary N) is 3. The smallest absolute Gasteiger partial charge is 0.229 e. The molecule has 1 heterocycles. The van der Waals surface area contributed by atoms with E-state index >= 15 is 0 Å². The second-order valence-electron chi connectivity index (χ2n) is 8.89. The van der Waals surface area contributed by atoms with Crippen molar-refractivity contribution in [1.82, 2.24) is 10.3 Å². The number of hydrogen-bond donors (Lipinski definition) is 4. The molecule has 0 fully saturated rings. The Kier molecular flexibility index (Phi) is 7.67. The van der Waals surface area contributed by atoms with Crippen LogP contribution in [0.3, 0.4) is 0 Å². The number of H-pyrrole nitrogens is 1. The normalized spacial score (nSPS) is 12.8. The van der Waals surface area contributed by atoms with Gasteiger partial charge in [-0.3, -0.25) is 4.72 Å². The van der Waals surface area contributed by atoms with Crippen molar-refractivity contribution >= 4 is 37.5 Å². The van der Waals surface area contributed by atoms with Crippen LogP contribution in [-0.2, 0) is 10.0 Å². The number of aliphatic hydroxyl groups excluding tert-OH is 1. The summed E-state index contributed by atoms with van der Waals surface area (Å²) in [6.45, 7) is 5.01. The lowest BCUT2D eigenvalue weighted by molar-refractivity contribution is 0.172. The second-order valence-corrected chi connectivity index (χ2v) is 10.6. The molecule has 0 unspecified atom stereocenters. The predicted octanol–water partition coefficient (Wildman–Crippen LogP) is 4.32. The molecule has 0 spiro atoms. The van der Waals surface area contributed by atoms with E-state index in [1.165, 1.54) is 12.1 Å². The SMILES string of the molecule is CC(C)Oc1ccc2c(c1)[nH]c1cc(OCCNC[C@H](O)c3ccc(F)c(NS(C)(=O)=O)c3)ccc12. The van der Waals surface area contributed by atoms with Crippen molar-refractivity contribution in [1.29, 1.82) is 0 Å². The Hall–Kier alpha value is -3.34. The lowest BCUT2D eigenvalue weighted by atomic mass is 10.1. The molecule has 8 nitrogen and oxygen atoms in total. The van der Waals surface area contributed by atoms with E-state index in [0.29, 0.717) is 24.5 Å². The van der Waals surface area contributed by atoms with E-state index in [1.807, 2.05) is 50.2 Å². The Morgan fingerprint density at radius 1 is 1.00 bits per heavy atom. The van der Waals surface area contributed by atoms with Gasteiger partial charge >= 0.3 is 0 Å². The highest BCUT2D eigenvalue weighted by Gasteiger charge is 2.13. The third kappa shape index (κ3) is 6.45. The lowest BCUT2D eigenvalue weighted by Crippen LogP contribution is -2.26. The molecule has 192 valence electrons. The zero-order valence-corrected chi connectivity index (χ0v) is 21.2. The molecule has 0 aliphatic heterocycles. The van der Waals surface area contributed by atoms with Crippen LogP contribution in [0.25, 0.3) is 21.8 Å². The fourth-order valence-corrected chi connectivity index (χ4v) is 4.49. The first kappa shape index (κ1) is 25.7. The number of ether oxygens (including phenoxy) is 2. The number of aromatic amines is 1. The number of sulfonamides is 1. The zero-order chi connectivity index (χ0) is 25.9. The van der Waals surface area contributed by atoms with Crippen LogP contribution in [0.2, 0.25) is 0 Å². The Morgan fingerprint density at radius 3 is 2.33 bits per heavy atom. The van der Waals surface area contributed by atoms with Crippen LogP contribution in [0, 0.1) is 5.82 Å². The van der Waals surface area contributed by atoms with Crippen LogP contribution >= 0.6 is 0 Å². The molecule has 0 amide bonds. The van der Waals surface area contributed by atoms with E-state index in [4.69, 9.17) is 9.47 Å². The number of aromatic nitrogens is 1. The van der Waals surface area contributed by atoms with E-state index in [0.717, 1.165) is 39.9 Å². The Balaban J connectivity index is 1.31. The highest BCUT2D eigenvalue weighted by atomic mass is 32.2. The standard InChI is InChI=1S/C26H30FN3O5S/c1-16(2)35-19-6-8-21-20-7-5-18(13-23(20)29-24(21)14-19)34-11-10-28-15-26(31)17-4-9-22(27)25(12-17)30-36(3,32)33/h4-9,12-14,16,26,28-31H,10-11,15H2,1-3H3/t26-/m0/s1. The van der Waals surface area contributed by atoms with Crippen LogP contribution in [-0.4, -0.2) is 50.6 Å². The van der Waals surface area contributed by atoms with Crippen LogP contribution in [0.1, 0.15) is 25.5 Å². The third-order valence-corrected chi connectivity index (χ3v) is 6.06. The average Bonchev–Trinajstić information content (AvgIpc) is 3.15. The first-order chi connectivity index (χ1) is 17.1. The third-order valence-electron chi connectivity index (χ3n) is 5.47. The van der Waals surface area contributed by atoms with Crippen molar-refractivity contribution in [3.63, 3.8) is 0 Å². The van der Waals surface area contributed by atoms with Crippen LogP contribution in [0.5, 0.6) is 11.5 Å². The summed E-state index contributed by atoms with van der Waals surface area (Å²) in [5, 5.41) is 15.7. The van der Waals surface area contributed by atoms with Gasteiger partial charge in [-0.25, -0.2) is 12.8 Å². The fourth-order valence-electron chi connectivity index (χ4n) is 3.93. The number of benzene rings is 3. The number of halogens is 1. The molecular formula is C26H30FN3O5S. The van der Waals surface area contributed by atoms with Gasteiger partial charge in [0.1, 0.15) is 23.9 Å². The maximum absolute atomic E-state index is 13.8. The van der Waals surface area contributed by atoms with Gasteiger partial charge in [0.15, 0.2) is 0 Å². The molecule has 4 N–H and O–H groups in total. The van der Waals surface area contributed by atoms with Gasteiger partial charge in [0.05, 0.1) is 35.2 Å². The average molecular weight is 516 g/mol. The molecule has 3 aromatic carbocycles. The lowest BCUT2D eigenvalue weighted by Gasteiger charge is -2.14. The van der Waals surface area contributed by atoms with E-state index in [-0.39, 0.29) is 18.3 Å². The molecule has 0 saturated carbocycles. The summed E-state index contributed by atoms with van der Waals surface area (Å²) >= 11 is 0. The van der Waals surface area contributed by atoms with Crippen molar-refractivity contribution in [2.24, 2.45) is 0 Å². The van der Waals surface area contributed by atoms with Gasteiger partial charge in [-0.2, -0.15) is 0 Å². The molecule has 36 heavy (non-hydrogen) atoms. The summed E-state index contributed by atoms with van der Waals surface area (Å²) in [6.07, 6.45) is 0.0932. The van der Waals surface area contributed by atoms with Crippen molar-refractivity contribution in [2.75, 3.05) is 30.7 Å². The van der Waals surface area contributed by atoms with Crippen molar-refractivity contribution in [2.45, 2.75) is 26.1 Å². The minimum atomic E-state index is -3.63. The minimum absolute atomic E-state index is 0.103. The Labute approximate surface area is 209 Å². The minimum Gasteiger partial charge on any atom is -0.492 e. The summed E-state index contributed by atoms with van der Waals surface area (Å²) in [4.78, 5) is 3.41. The van der Waals surface area contributed by atoms with Gasteiger partial charge in [-0.1, -0.05) is 6.07 Å². The number of fused-ring (bicyclic) bond motifs is 3. The number of aliphatic hydroxyl groups is 1. The van der Waals surface area contributed by atoms with E-state index in [2.05, 4.69) is 15.0 Å². The van der Waals surface area contributed by atoms with Gasteiger partial charge in [0.2, 0.25) is 10.0 Å². The molecule has 1 atom stereocenters. The maximum Gasteiger partial charge on any atom is 0.229 e. The van der Waals surface area contributed by atoms with Gasteiger partial charge in [0.25, 0.3) is 0 Å². The molecule has 1 aromatic heterocycles. The second kappa shape index (κ2) is 10.7. The van der Waals surface area contributed by atoms with Crippen molar-refractivity contribution in [3.8, 4) is 11.5 Å². The van der Waals surface area contributed by atoms with Crippen LogP contribution in [0.4, 0.5) is 10.1 Å². The summed E-state index contributed by atoms with van der Waals surface area (Å²) in [5.41, 5.74) is 2.14. The largest absolute Gasteiger partial charge is 0.492 e. The zero-order valence-electron chi connectivity index (χ0n) is 20.3. The molecule has 0 bridgehead atoms. The topological polar surface area (TPSA) is 113 Å². The summed E-state index contributed by atoms with van der Waals surface area (Å²) in [6, 6.07) is 15.7. The molecular weight excluding hydrogens is 485 g/mol. The predicted molar refractivity (Wildman–Crippen MR) is 140 cm³/mol. The quantitative estimate of drug-likeness (QED) is 0.221. The van der Waals surface area contributed by atoms with Gasteiger partial charge in [-0.05, 0) is 55.8 Å². The van der Waals surface area contributed by atoms with Crippen molar-refractivity contribution < 1.29 is 27.4 Å². The molecule has 0 aliphatic rings. The summed E-state index contributed by atoms with van der Waals surface area (Å²) < 4.78 is 50.4. The van der Waals surface area contributed by atoms with Crippen molar-refractivity contribution in [3.05, 3.63) is 66.0 Å². The molecule has 4 rings (SSSR count). The number of anilines is 1. The highest BCUT2D eigenvalue weighted by molar-refractivity contribution is 7.92. The number of hydrogen-bond acceptors (Lipinski definition) is 6. The fraction of sp³-hybridized carbons (Fsp3) is 0.308. The van der Waals surface area contributed by atoms with Crippen LogP contribution in [0.15, 0.2) is 54.6 Å². The van der Waals surface area contributed by atoms with Gasteiger partial charge < -0.3 is 24.9 Å². The molecule has 0 aliphatic carbocycles. The van der Waals surface area contributed by atoms with Gasteiger partial charge in [-0.15, -0.1) is 0 Å². The molecule has 10 heteroatoms. The summed E-state index contributed by atoms with van der Waals surface area (Å²) in [5.74, 6) is 0.816. The molecule has 4 aromatic rings. The number of rotatable bonds is 11. The van der Waals surface area contributed by atoms with Crippen LogP contribution < -0.4 is 19.5 Å². The monoisotopic (exact) mass is 515 g/mol. The Morgan fingerprint density at radius 2 is 1.67 bits per heavy atom. The Bertz CT molecular complexity index is 1470. The van der Waals surface area contributed by atoms with E-state index in [9.17, 15) is 17.9 Å². The maximum atomic E-state index is 13.8. The first-order valence-electron chi connectivity index (χ1n) is 11.6. The first-order valence-corrected chi connectivity index (χ1v) is 13.5. The highest BCUT2D eigenvalue weighted by Crippen LogP contribution is 2.31. The molecule has 0 saturated heterocycles. The van der Waals surface area contributed by atoms with E-state index in [1.54, 1.807) is 0 Å². The summed E-state index contributed by atoms with van der Waals surface area (Å²) in [7, 11) is -3.63.